The van der Waals surface area contributed by atoms with Crippen LogP contribution in [0, 0.1) is 6.92 Å². The molecule has 1 aromatic heterocycles. The largest absolute Gasteiger partial charge is 0.356 e. The lowest BCUT2D eigenvalue weighted by Gasteiger charge is -2.27. The molecule has 0 N–H and O–H groups in total. The fraction of sp³-hybridized carbons (Fsp3) is 0.462. The fourth-order valence-corrected chi connectivity index (χ4v) is 2.50. The van der Waals surface area contributed by atoms with Crippen LogP contribution in [0.15, 0.2) is 16.7 Å². The summed E-state index contributed by atoms with van der Waals surface area (Å²) in [7, 11) is 0. The third-order valence-corrected chi connectivity index (χ3v) is 3.54. The van der Waals surface area contributed by atoms with Crippen molar-refractivity contribution >= 4 is 11.0 Å². The highest BCUT2D eigenvalue weighted by atomic mass is 16.5. The van der Waals surface area contributed by atoms with Crippen molar-refractivity contribution in [1.82, 2.24) is 10.1 Å². The van der Waals surface area contributed by atoms with Crippen LogP contribution >= 0.6 is 0 Å². The van der Waals surface area contributed by atoms with Gasteiger partial charge in [0.05, 0.1) is 5.69 Å². The highest BCUT2D eigenvalue weighted by Gasteiger charge is 2.19. The van der Waals surface area contributed by atoms with Crippen LogP contribution in [0.1, 0.15) is 23.7 Å². The molecule has 0 spiro atoms. The van der Waals surface area contributed by atoms with E-state index in [0.29, 0.717) is 0 Å². The molecule has 0 saturated carbocycles. The van der Waals surface area contributed by atoms with Crippen LogP contribution in [0.4, 0.5) is 0 Å². The maximum Gasteiger partial charge on any atom is 0.170 e. The number of nitrogens with zero attached hydrogens (tertiary/aromatic N) is 2. The highest BCUT2D eigenvalue weighted by Crippen LogP contribution is 2.28. The minimum absolute atomic E-state index is 0.996. The quantitative estimate of drug-likeness (QED) is 0.733. The summed E-state index contributed by atoms with van der Waals surface area (Å²) < 4.78 is 5.45. The zero-order valence-corrected chi connectivity index (χ0v) is 9.79. The van der Waals surface area contributed by atoms with E-state index in [9.17, 15) is 0 Å². The number of fused-ring (bicyclic) bond motifs is 3. The van der Waals surface area contributed by atoms with E-state index in [1.165, 1.54) is 16.5 Å². The second-order valence-corrected chi connectivity index (χ2v) is 4.47. The van der Waals surface area contributed by atoms with Crippen LogP contribution in [-0.2, 0) is 13.0 Å². The van der Waals surface area contributed by atoms with E-state index in [4.69, 9.17) is 4.52 Å². The van der Waals surface area contributed by atoms with Gasteiger partial charge in [0.2, 0.25) is 0 Å². The van der Waals surface area contributed by atoms with E-state index in [1.807, 2.05) is 6.92 Å². The molecule has 0 unspecified atom stereocenters. The molecule has 3 nitrogen and oxygen atoms in total. The lowest BCUT2D eigenvalue weighted by molar-refractivity contribution is 0.267. The first-order valence-electron chi connectivity index (χ1n) is 5.88. The standard InChI is InChI=1S/C13H16N2O/c1-3-15-7-6-12-10(8-15)4-5-11-9(2)14-16-13(11)12/h4-5H,3,6-8H2,1-2H3. The second-order valence-electron chi connectivity index (χ2n) is 4.47. The number of rotatable bonds is 1. The van der Waals surface area contributed by atoms with Gasteiger partial charge in [-0.2, -0.15) is 0 Å². The van der Waals surface area contributed by atoms with Crippen molar-refractivity contribution in [1.29, 1.82) is 0 Å². The molecule has 0 saturated heterocycles. The Labute approximate surface area is 95.0 Å². The summed E-state index contributed by atoms with van der Waals surface area (Å²) >= 11 is 0. The first-order chi connectivity index (χ1) is 7.79. The summed E-state index contributed by atoms with van der Waals surface area (Å²) in [6.07, 6.45) is 1.08. The average molecular weight is 216 g/mol. The minimum Gasteiger partial charge on any atom is -0.356 e. The third-order valence-electron chi connectivity index (χ3n) is 3.54. The van der Waals surface area contributed by atoms with E-state index in [0.717, 1.165) is 37.3 Å². The Morgan fingerprint density at radius 3 is 3.12 bits per heavy atom. The van der Waals surface area contributed by atoms with Crippen molar-refractivity contribution in [2.45, 2.75) is 26.8 Å². The normalized spacial score (nSPS) is 16.6. The smallest absolute Gasteiger partial charge is 0.170 e. The molecule has 0 aliphatic carbocycles. The average Bonchev–Trinajstić information content (AvgIpc) is 2.70. The second kappa shape index (κ2) is 3.59. The number of likely N-dealkylation sites (N-methyl/N-ethyl adjacent to an activating group) is 1. The van der Waals surface area contributed by atoms with Crippen molar-refractivity contribution in [2.24, 2.45) is 0 Å². The van der Waals surface area contributed by atoms with Crippen LogP contribution < -0.4 is 0 Å². The number of aromatic nitrogens is 1. The van der Waals surface area contributed by atoms with Gasteiger partial charge in [0.15, 0.2) is 5.58 Å². The lowest BCUT2D eigenvalue weighted by atomic mass is 9.97. The Hall–Kier alpha value is -1.35. The zero-order chi connectivity index (χ0) is 11.1. The van der Waals surface area contributed by atoms with Gasteiger partial charge in [-0.1, -0.05) is 18.1 Å². The summed E-state index contributed by atoms with van der Waals surface area (Å²) in [5.41, 5.74) is 4.76. The topological polar surface area (TPSA) is 29.3 Å². The predicted molar refractivity (Wildman–Crippen MR) is 63.4 cm³/mol. The first-order valence-corrected chi connectivity index (χ1v) is 5.88. The maximum absolute atomic E-state index is 5.45. The molecule has 16 heavy (non-hydrogen) atoms. The molecule has 2 aromatic rings. The van der Waals surface area contributed by atoms with E-state index < -0.39 is 0 Å². The van der Waals surface area contributed by atoms with Crippen molar-refractivity contribution in [2.75, 3.05) is 13.1 Å². The van der Waals surface area contributed by atoms with Gasteiger partial charge in [0.25, 0.3) is 0 Å². The van der Waals surface area contributed by atoms with E-state index in [2.05, 4.69) is 29.1 Å². The summed E-state index contributed by atoms with van der Waals surface area (Å²) in [6.45, 7) is 7.50. The van der Waals surface area contributed by atoms with Gasteiger partial charge in [-0.15, -0.1) is 0 Å². The minimum atomic E-state index is 0.996. The van der Waals surface area contributed by atoms with E-state index >= 15 is 0 Å². The Morgan fingerprint density at radius 2 is 2.31 bits per heavy atom. The van der Waals surface area contributed by atoms with Gasteiger partial charge in [-0.3, -0.25) is 4.90 Å². The molecular weight excluding hydrogens is 200 g/mol. The number of hydrogen-bond acceptors (Lipinski definition) is 3. The molecule has 2 heterocycles. The fourth-order valence-electron chi connectivity index (χ4n) is 2.50. The lowest BCUT2D eigenvalue weighted by Crippen LogP contribution is -2.30. The molecular formula is C13H16N2O. The summed E-state index contributed by atoms with van der Waals surface area (Å²) in [4.78, 5) is 2.46. The number of aryl methyl sites for hydroxylation is 1. The summed E-state index contributed by atoms with van der Waals surface area (Å²) in [5.74, 6) is 0. The van der Waals surface area contributed by atoms with Gasteiger partial charge in [-0.25, -0.2) is 0 Å². The number of benzene rings is 1. The Kier molecular flexibility index (Phi) is 2.21. The van der Waals surface area contributed by atoms with Crippen LogP contribution in [0.2, 0.25) is 0 Å². The molecule has 0 atom stereocenters. The molecule has 1 aliphatic heterocycles. The molecule has 0 radical (unpaired) electrons. The van der Waals surface area contributed by atoms with Gasteiger partial charge in [-0.05, 0) is 31.5 Å². The molecule has 1 aliphatic rings. The van der Waals surface area contributed by atoms with Gasteiger partial charge in [0, 0.05) is 24.0 Å². The Bertz CT molecular complexity index is 530. The number of hydrogen-bond donors (Lipinski definition) is 0. The molecule has 3 heteroatoms. The summed E-state index contributed by atoms with van der Waals surface area (Å²) in [5, 5.41) is 5.22. The van der Waals surface area contributed by atoms with Crippen LogP contribution in [0.5, 0.6) is 0 Å². The molecule has 84 valence electrons. The molecule has 0 fully saturated rings. The maximum atomic E-state index is 5.45. The SMILES string of the molecule is CCN1CCc2c(ccc3c(C)noc23)C1. The van der Waals surface area contributed by atoms with Crippen molar-refractivity contribution < 1.29 is 4.52 Å². The highest BCUT2D eigenvalue weighted by molar-refractivity contribution is 5.83. The van der Waals surface area contributed by atoms with Crippen LogP contribution in [-0.4, -0.2) is 23.1 Å². The molecule has 3 rings (SSSR count). The first kappa shape index (κ1) is 9.85. The Morgan fingerprint density at radius 1 is 1.44 bits per heavy atom. The van der Waals surface area contributed by atoms with Crippen LogP contribution in [0.3, 0.4) is 0 Å². The monoisotopic (exact) mass is 216 g/mol. The molecule has 1 aromatic carbocycles. The zero-order valence-electron chi connectivity index (χ0n) is 9.79. The van der Waals surface area contributed by atoms with Crippen molar-refractivity contribution in [3.63, 3.8) is 0 Å². The van der Waals surface area contributed by atoms with E-state index in [-0.39, 0.29) is 0 Å². The predicted octanol–water partition coefficient (Wildman–Crippen LogP) is 2.51. The van der Waals surface area contributed by atoms with Crippen LogP contribution in [0.25, 0.3) is 11.0 Å². The third kappa shape index (κ3) is 1.35. The molecule has 0 amide bonds. The van der Waals surface area contributed by atoms with Gasteiger partial charge >= 0.3 is 0 Å². The Balaban J connectivity index is 2.14. The van der Waals surface area contributed by atoms with Gasteiger partial charge < -0.3 is 4.52 Å². The van der Waals surface area contributed by atoms with E-state index in [1.54, 1.807) is 0 Å². The summed E-state index contributed by atoms with van der Waals surface area (Å²) in [6, 6.07) is 4.36. The molecule has 0 bridgehead atoms. The van der Waals surface area contributed by atoms with Crippen molar-refractivity contribution in [3.05, 3.63) is 29.0 Å². The van der Waals surface area contributed by atoms with Gasteiger partial charge in [0.1, 0.15) is 0 Å². The van der Waals surface area contributed by atoms with Crippen molar-refractivity contribution in [3.8, 4) is 0 Å².